The zero-order valence-corrected chi connectivity index (χ0v) is 8.41. The van der Waals surface area contributed by atoms with Crippen LogP contribution in [-0.4, -0.2) is 17.0 Å². The lowest BCUT2D eigenvalue weighted by molar-refractivity contribution is -0.138. The van der Waals surface area contributed by atoms with Crippen molar-refractivity contribution in [1.82, 2.24) is 0 Å². The van der Waals surface area contributed by atoms with E-state index in [4.69, 9.17) is 16.7 Å². The molecule has 1 aliphatic rings. The van der Waals surface area contributed by atoms with Crippen LogP contribution in [0.5, 0.6) is 0 Å². The van der Waals surface area contributed by atoms with E-state index in [-0.39, 0.29) is 12.3 Å². The van der Waals surface area contributed by atoms with Crippen molar-refractivity contribution in [3.63, 3.8) is 0 Å². The number of carbonyl (C=O) groups excluding carboxylic acids is 1. The first-order valence-corrected chi connectivity index (χ1v) is 4.78. The van der Waals surface area contributed by atoms with Crippen molar-refractivity contribution in [3.8, 4) is 0 Å². The van der Waals surface area contributed by atoms with E-state index in [0.29, 0.717) is 16.3 Å². The average molecular weight is 226 g/mol. The van der Waals surface area contributed by atoms with Crippen LogP contribution in [0.25, 0.3) is 0 Å². The van der Waals surface area contributed by atoms with Crippen LogP contribution in [0.1, 0.15) is 17.9 Å². The van der Waals surface area contributed by atoms with E-state index in [1.807, 2.05) is 0 Å². The largest absolute Gasteiger partial charge is 0.481 e. The summed E-state index contributed by atoms with van der Waals surface area (Å²) in [5.41, 5.74) is 1.31. The molecule has 0 saturated heterocycles. The Morgan fingerprint density at radius 3 is 2.93 bits per heavy atom. The highest BCUT2D eigenvalue weighted by molar-refractivity contribution is 6.31. The van der Waals surface area contributed by atoms with Crippen molar-refractivity contribution < 1.29 is 14.7 Å². The third kappa shape index (κ3) is 1.80. The van der Waals surface area contributed by atoms with Crippen LogP contribution in [0.4, 0.5) is 5.69 Å². The Morgan fingerprint density at radius 2 is 2.27 bits per heavy atom. The Balaban J connectivity index is 2.37. The number of benzene rings is 1. The number of anilines is 1. The number of amides is 1. The standard InChI is InChI=1S/C10H8ClNO3/c11-5-1-2-6-7(4-9(13)14)10(15)12-8(6)3-5/h1-3,7H,4H2,(H,12,15)(H,13,14). The van der Waals surface area contributed by atoms with Crippen molar-refractivity contribution >= 4 is 29.2 Å². The van der Waals surface area contributed by atoms with Gasteiger partial charge in [-0.05, 0) is 17.7 Å². The van der Waals surface area contributed by atoms with Gasteiger partial charge in [-0.1, -0.05) is 17.7 Å². The van der Waals surface area contributed by atoms with E-state index in [0.717, 1.165) is 0 Å². The Kier molecular flexibility index (Phi) is 2.36. The molecule has 4 nitrogen and oxygen atoms in total. The second-order valence-electron chi connectivity index (χ2n) is 3.37. The molecule has 15 heavy (non-hydrogen) atoms. The summed E-state index contributed by atoms with van der Waals surface area (Å²) < 4.78 is 0. The van der Waals surface area contributed by atoms with Gasteiger partial charge in [0.1, 0.15) is 0 Å². The summed E-state index contributed by atoms with van der Waals surface area (Å²) in [6, 6.07) is 4.95. The molecule has 0 bridgehead atoms. The molecular formula is C10H8ClNO3. The van der Waals surface area contributed by atoms with E-state index in [9.17, 15) is 9.59 Å². The Labute approximate surface area is 90.9 Å². The van der Waals surface area contributed by atoms with Crippen LogP contribution in [-0.2, 0) is 9.59 Å². The molecule has 1 aliphatic heterocycles. The van der Waals surface area contributed by atoms with Gasteiger partial charge in [0.15, 0.2) is 0 Å². The molecule has 0 fully saturated rings. The summed E-state index contributed by atoms with van der Waals surface area (Å²) in [5, 5.41) is 11.8. The highest BCUT2D eigenvalue weighted by Crippen LogP contribution is 2.36. The Hall–Kier alpha value is -1.55. The molecule has 1 atom stereocenters. The molecule has 1 amide bonds. The summed E-state index contributed by atoms with van der Waals surface area (Å²) in [6.45, 7) is 0. The van der Waals surface area contributed by atoms with Crippen molar-refractivity contribution in [3.05, 3.63) is 28.8 Å². The molecule has 78 valence electrons. The zero-order valence-electron chi connectivity index (χ0n) is 7.66. The van der Waals surface area contributed by atoms with Crippen LogP contribution in [0.15, 0.2) is 18.2 Å². The van der Waals surface area contributed by atoms with E-state index >= 15 is 0 Å². The first kappa shape index (κ1) is 9.98. The fourth-order valence-electron chi connectivity index (χ4n) is 1.68. The fourth-order valence-corrected chi connectivity index (χ4v) is 1.85. The van der Waals surface area contributed by atoms with Gasteiger partial charge in [-0.2, -0.15) is 0 Å². The van der Waals surface area contributed by atoms with Crippen molar-refractivity contribution in [2.45, 2.75) is 12.3 Å². The van der Waals surface area contributed by atoms with Gasteiger partial charge < -0.3 is 10.4 Å². The molecular weight excluding hydrogens is 218 g/mol. The SMILES string of the molecule is O=C(O)CC1C(=O)Nc2cc(Cl)ccc21. The maximum absolute atomic E-state index is 11.5. The maximum Gasteiger partial charge on any atom is 0.304 e. The lowest BCUT2D eigenvalue weighted by Crippen LogP contribution is -2.15. The van der Waals surface area contributed by atoms with Gasteiger partial charge in [-0.3, -0.25) is 9.59 Å². The summed E-state index contributed by atoms with van der Waals surface area (Å²) in [5.74, 6) is -1.87. The van der Waals surface area contributed by atoms with Crippen LogP contribution in [0, 0.1) is 0 Å². The molecule has 2 rings (SSSR count). The molecule has 1 aromatic rings. The molecule has 1 aromatic carbocycles. The minimum absolute atomic E-state index is 0.194. The molecule has 0 radical (unpaired) electrons. The Bertz CT molecular complexity index is 444. The third-order valence-corrected chi connectivity index (χ3v) is 2.58. The number of carboxylic acids is 1. The van der Waals surface area contributed by atoms with Gasteiger partial charge in [-0.25, -0.2) is 0 Å². The van der Waals surface area contributed by atoms with Gasteiger partial charge in [0.05, 0.1) is 12.3 Å². The van der Waals surface area contributed by atoms with Gasteiger partial charge in [0.2, 0.25) is 5.91 Å². The molecule has 2 N–H and O–H groups in total. The van der Waals surface area contributed by atoms with E-state index in [2.05, 4.69) is 5.32 Å². The molecule has 5 heteroatoms. The summed E-state index contributed by atoms with van der Waals surface area (Å²) in [4.78, 5) is 22.0. The number of halogens is 1. The van der Waals surface area contributed by atoms with Crippen LogP contribution >= 0.6 is 11.6 Å². The molecule has 0 aliphatic carbocycles. The minimum atomic E-state index is -0.988. The minimum Gasteiger partial charge on any atom is -0.481 e. The number of rotatable bonds is 2. The number of hydrogen-bond acceptors (Lipinski definition) is 2. The predicted octanol–water partition coefficient (Wildman–Crippen LogP) is 1.85. The van der Waals surface area contributed by atoms with E-state index in [1.54, 1.807) is 18.2 Å². The second kappa shape index (κ2) is 3.55. The molecule has 1 heterocycles. The van der Waals surface area contributed by atoms with E-state index < -0.39 is 11.9 Å². The van der Waals surface area contributed by atoms with Gasteiger partial charge in [0.25, 0.3) is 0 Å². The van der Waals surface area contributed by atoms with Gasteiger partial charge in [0, 0.05) is 10.7 Å². The highest BCUT2D eigenvalue weighted by Gasteiger charge is 2.32. The fraction of sp³-hybridized carbons (Fsp3) is 0.200. The number of hydrogen-bond donors (Lipinski definition) is 2. The summed E-state index contributed by atoms with van der Waals surface area (Å²) in [7, 11) is 0. The van der Waals surface area contributed by atoms with Crippen LogP contribution < -0.4 is 5.32 Å². The third-order valence-electron chi connectivity index (χ3n) is 2.34. The monoisotopic (exact) mass is 225 g/mol. The topological polar surface area (TPSA) is 66.4 Å². The number of carboxylic acid groups (broad SMARTS) is 1. The van der Waals surface area contributed by atoms with Crippen LogP contribution in [0.2, 0.25) is 5.02 Å². The number of nitrogens with one attached hydrogen (secondary N) is 1. The molecule has 1 unspecified atom stereocenters. The second-order valence-corrected chi connectivity index (χ2v) is 3.81. The lowest BCUT2D eigenvalue weighted by atomic mass is 9.97. The predicted molar refractivity (Wildman–Crippen MR) is 55.1 cm³/mol. The first-order valence-electron chi connectivity index (χ1n) is 4.40. The zero-order chi connectivity index (χ0) is 11.0. The van der Waals surface area contributed by atoms with Crippen LogP contribution in [0.3, 0.4) is 0 Å². The number of aliphatic carboxylic acids is 1. The Morgan fingerprint density at radius 1 is 1.53 bits per heavy atom. The normalized spacial score (nSPS) is 18.5. The first-order chi connectivity index (χ1) is 7.08. The number of fused-ring (bicyclic) bond motifs is 1. The van der Waals surface area contributed by atoms with Crippen molar-refractivity contribution in [1.29, 1.82) is 0 Å². The molecule has 0 aromatic heterocycles. The molecule has 0 saturated carbocycles. The quantitative estimate of drug-likeness (QED) is 0.807. The van der Waals surface area contributed by atoms with E-state index in [1.165, 1.54) is 0 Å². The smallest absolute Gasteiger partial charge is 0.304 e. The lowest BCUT2D eigenvalue weighted by Gasteiger charge is -2.04. The molecule has 0 spiro atoms. The number of carbonyl (C=O) groups is 2. The summed E-state index contributed by atoms with van der Waals surface area (Å²) in [6.07, 6.45) is -0.194. The van der Waals surface area contributed by atoms with Gasteiger partial charge in [-0.15, -0.1) is 0 Å². The van der Waals surface area contributed by atoms with Crippen molar-refractivity contribution in [2.24, 2.45) is 0 Å². The summed E-state index contributed by atoms with van der Waals surface area (Å²) >= 11 is 5.76. The highest BCUT2D eigenvalue weighted by atomic mass is 35.5. The van der Waals surface area contributed by atoms with Gasteiger partial charge >= 0.3 is 5.97 Å². The maximum atomic E-state index is 11.5. The van der Waals surface area contributed by atoms with Crippen molar-refractivity contribution in [2.75, 3.05) is 5.32 Å². The average Bonchev–Trinajstić information content (AvgIpc) is 2.41.